The molecular weight excluding hydrogens is 254 g/mol. The van der Waals surface area contributed by atoms with Gasteiger partial charge in [0.1, 0.15) is 4.90 Å². The van der Waals surface area contributed by atoms with Crippen LogP contribution in [-0.4, -0.2) is 42.0 Å². The van der Waals surface area contributed by atoms with E-state index < -0.39 is 16.1 Å². The van der Waals surface area contributed by atoms with Gasteiger partial charge in [-0.3, -0.25) is 0 Å². The first kappa shape index (κ1) is 11.5. The van der Waals surface area contributed by atoms with Gasteiger partial charge >= 0.3 is 0 Å². The minimum absolute atomic E-state index is 0.150. The van der Waals surface area contributed by atoms with Crippen LogP contribution in [0.15, 0.2) is 29.3 Å². The third kappa shape index (κ3) is 1.59. The average molecular weight is 267 g/mol. The predicted octanol–water partition coefficient (Wildman–Crippen LogP) is 0.115. The summed E-state index contributed by atoms with van der Waals surface area (Å²) in [5.41, 5.74) is 6.92. The monoisotopic (exact) mass is 267 g/mol. The largest absolute Gasteiger partial charge is 0.399 e. The number of benzene rings is 1. The molecular formula is C11H13N3O3S. The SMILES string of the molecule is Nc1ccc2[nH]cc(S(=O)(=O)N3CC(O)C3)c2c1. The van der Waals surface area contributed by atoms with Gasteiger partial charge in [-0.2, -0.15) is 4.31 Å². The molecule has 0 bridgehead atoms. The second kappa shape index (κ2) is 3.71. The van der Waals surface area contributed by atoms with Crippen molar-refractivity contribution in [3.8, 4) is 0 Å². The predicted molar refractivity (Wildman–Crippen MR) is 67.5 cm³/mol. The number of aliphatic hydroxyl groups excluding tert-OH is 1. The number of hydrogen-bond acceptors (Lipinski definition) is 4. The van der Waals surface area contributed by atoms with E-state index in [0.29, 0.717) is 11.1 Å². The molecule has 0 aliphatic carbocycles. The van der Waals surface area contributed by atoms with E-state index in [9.17, 15) is 13.5 Å². The van der Waals surface area contributed by atoms with E-state index in [1.807, 2.05) is 0 Å². The fourth-order valence-corrected chi connectivity index (χ4v) is 3.75. The first-order valence-electron chi connectivity index (χ1n) is 5.53. The lowest BCUT2D eigenvalue weighted by molar-refractivity contribution is 0.0548. The van der Waals surface area contributed by atoms with Crippen molar-refractivity contribution in [1.29, 1.82) is 0 Å². The van der Waals surface area contributed by atoms with Gasteiger partial charge in [-0.25, -0.2) is 8.42 Å². The van der Waals surface area contributed by atoms with Crippen LogP contribution in [-0.2, 0) is 10.0 Å². The highest BCUT2D eigenvalue weighted by Crippen LogP contribution is 2.29. The summed E-state index contributed by atoms with van der Waals surface area (Å²) < 4.78 is 25.9. The van der Waals surface area contributed by atoms with Gasteiger partial charge in [0.25, 0.3) is 0 Å². The number of aromatic nitrogens is 1. The van der Waals surface area contributed by atoms with Crippen LogP contribution in [0.4, 0.5) is 5.69 Å². The molecule has 1 aromatic carbocycles. The highest BCUT2D eigenvalue weighted by atomic mass is 32.2. The molecule has 6 nitrogen and oxygen atoms in total. The molecule has 0 radical (unpaired) electrons. The number of H-pyrrole nitrogens is 1. The number of aliphatic hydroxyl groups is 1. The second-order valence-electron chi connectivity index (χ2n) is 4.43. The molecule has 1 aliphatic heterocycles. The lowest BCUT2D eigenvalue weighted by Crippen LogP contribution is -2.53. The van der Waals surface area contributed by atoms with E-state index in [1.54, 1.807) is 18.2 Å². The minimum Gasteiger partial charge on any atom is -0.399 e. The Morgan fingerprint density at radius 2 is 2.11 bits per heavy atom. The van der Waals surface area contributed by atoms with Crippen molar-refractivity contribution >= 4 is 26.6 Å². The minimum atomic E-state index is -3.55. The number of rotatable bonds is 2. The number of nitrogens with two attached hydrogens (primary N) is 1. The number of sulfonamides is 1. The fraction of sp³-hybridized carbons (Fsp3) is 0.273. The zero-order chi connectivity index (χ0) is 12.9. The van der Waals surface area contributed by atoms with Crippen LogP contribution in [0.25, 0.3) is 10.9 Å². The van der Waals surface area contributed by atoms with Gasteiger partial charge in [0.2, 0.25) is 10.0 Å². The molecule has 0 saturated carbocycles. The van der Waals surface area contributed by atoms with Crippen LogP contribution in [0.2, 0.25) is 0 Å². The van der Waals surface area contributed by atoms with Crippen LogP contribution in [0.5, 0.6) is 0 Å². The number of hydrogen-bond donors (Lipinski definition) is 3. The summed E-state index contributed by atoms with van der Waals surface area (Å²) in [6.45, 7) is 0.300. The van der Waals surface area contributed by atoms with Crippen molar-refractivity contribution in [2.24, 2.45) is 0 Å². The zero-order valence-electron chi connectivity index (χ0n) is 9.50. The van der Waals surface area contributed by atoms with E-state index >= 15 is 0 Å². The van der Waals surface area contributed by atoms with Crippen LogP contribution in [0.1, 0.15) is 0 Å². The number of nitrogen functional groups attached to an aromatic ring is 1. The summed E-state index contributed by atoms with van der Waals surface area (Å²) in [7, 11) is -3.55. The maximum absolute atomic E-state index is 12.3. The third-order valence-electron chi connectivity index (χ3n) is 3.11. The van der Waals surface area contributed by atoms with E-state index in [2.05, 4.69) is 4.98 Å². The lowest BCUT2D eigenvalue weighted by Gasteiger charge is -2.34. The Balaban J connectivity index is 2.11. The maximum Gasteiger partial charge on any atom is 0.245 e. The van der Waals surface area contributed by atoms with E-state index in [1.165, 1.54) is 10.5 Å². The average Bonchev–Trinajstić information content (AvgIpc) is 2.68. The maximum atomic E-state index is 12.3. The molecule has 96 valence electrons. The Kier molecular flexibility index (Phi) is 2.37. The van der Waals surface area contributed by atoms with Crippen molar-refractivity contribution < 1.29 is 13.5 Å². The molecule has 0 atom stereocenters. The van der Waals surface area contributed by atoms with E-state index in [4.69, 9.17) is 5.73 Å². The molecule has 4 N–H and O–H groups in total. The molecule has 18 heavy (non-hydrogen) atoms. The number of β-amino-alcohol motifs (C(OH)–C–C–N with tert-alkyl or cyclic N) is 1. The summed E-state index contributed by atoms with van der Waals surface area (Å²) >= 11 is 0. The van der Waals surface area contributed by atoms with Gasteiger partial charge in [0, 0.05) is 35.9 Å². The quantitative estimate of drug-likeness (QED) is 0.673. The van der Waals surface area contributed by atoms with Crippen molar-refractivity contribution in [2.45, 2.75) is 11.0 Å². The first-order chi connectivity index (χ1) is 8.48. The molecule has 2 heterocycles. The Labute approximate surface area is 104 Å². The molecule has 1 aromatic heterocycles. The normalized spacial score (nSPS) is 18.1. The van der Waals surface area contributed by atoms with Crippen molar-refractivity contribution in [2.75, 3.05) is 18.8 Å². The smallest absolute Gasteiger partial charge is 0.245 e. The van der Waals surface area contributed by atoms with Gasteiger partial charge in [-0.1, -0.05) is 0 Å². The van der Waals surface area contributed by atoms with E-state index in [0.717, 1.165) is 5.52 Å². The number of aromatic amines is 1. The third-order valence-corrected chi connectivity index (χ3v) is 4.99. The second-order valence-corrected chi connectivity index (χ2v) is 6.34. The van der Waals surface area contributed by atoms with Gasteiger partial charge in [0.05, 0.1) is 6.10 Å². The van der Waals surface area contributed by atoms with Crippen LogP contribution in [0.3, 0.4) is 0 Å². The Morgan fingerprint density at radius 1 is 1.39 bits per heavy atom. The number of nitrogens with zero attached hydrogens (tertiary/aromatic N) is 1. The summed E-state index contributed by atoms with van der Waals surface area (Å²) in [4.78, 5) is 3.12. The van der Waals surface area contributed by atoms with Gasteiger partial charge in [-0.15, -0.1) is 0 Å². The Morgan fingerprint density at radius 3 is 2.78 bits per heavy atom. The highest BCUT2D eigenvalue weighted by Gasteiger charge is 2.36. The molecule has 2 aromatic rings. The standard InChI is InChI=1S/C11H13N3O3S/c12-7-1-2-10-9(3-7)11(4-13-10)18(16,17)14-5-8(15)6-14/h1-4,8,13,15H,5-6,12H2. The summed E-state index contributed by atoms with van der Waals surface area (Å²) in [6, 6.07) is 5.09. The molecule has 1 fully saturated rings. The van der Waals surface area contributed by atoms with Gasteiger partial charge in [0.15, 0.2) is 0 Å². The summed E-state index contributed by atoms with van der Waals surface area (Å²) in [6.07, 6.45) is 0.902. The molecule has 3 rings (SSSR count). The zero-order valence-corrected chi connectivity index (χ0v) is 10.3. The highest BCUT2D eigenvalue weighted by molar-refractivity contribution is 7.89. The lowest BCUT2D eigenvalue weighted by atomic mass is 10.2. The molecule has 1 aliphatic rings. The molecule has 0 spiro atoms. The number of anilines is 1. The van der Waals surface area contributed by atoms with Crippen LogP contribution in [0, 0.1) is 0 Å². The summed E-state index contributed by atoms with van der Waals surface area (Å²) in [5, 5.41) is 9.78. The van der Waals surface area contributed by atoms with Gasteiger partial charge in [-0.05, 0) is 18.2 Å². The molecule has 1 saturated heterocycles. The van der Waals surface area contributed by atoms with Crippen molar-refractivity contribution in [3.05, 3.63) is 24.4 Å². The Hall–Kier alpha value is -1.57. The van der Waals surface area contributed by atoms with Crippen molar-refractivity contribution in [1.82, 2.24) is 9.29 Å². The molecule has 0 amide bonds. The molecule has 7 heteroatoms. The van der Waals surface area contributed by atoms with Crippen LogP contribution < -0.4 is 5.73 Å². The Bertz CT molecular complexity index is 701. The summed E-state index contributed by atoms with van der Waals surface area (Å²) in [5.74, 6) is 0. The fourth-order valence-electron chi connectivity index (χ4n) is 2.08. The first-order valence-corrected chi connectivity index (χ1v) is 6.97. The van der Waals surface area contributed by atoms with Crippen molar-refractivity contribution in [3.63, 3.8) is 0 Å². The van der Waals surface area contributed by atoms with Gasteiger partial charge < -0.3 is 15.8 Å². The number of nitrogens with one attached hydrogen (secondary N) is 1. The van der Waals surface area contributed by atoms with E-state index in [-0.39, 0.29) is 18.0 Å². The molecule has 0 unspecified atom stereocenters. The topological polar surface area (TPSA) is 99.4 Å². The van der Waals surface area contributed by atoms with Crippen LogP contribution >= 0.6 is 0 Å². The number of fused-ring (bicyclic) bond motifs is 1.